The minimum absolute atomic E-state index is 0.382. The maximum atomic E-state index is 5.43. The molecule has 0 bridgehead atoms. The molecule has 0 spiro atoms. The monoisotopic (exact) mass is 142 g/mol. The van der Waals surface area contributed by atoms with Crippen LogP contribution >= 0.6 is 0 Å². The first-order valence-corrected chi connectivity index (χ1v) is 3.62. The van der Waals surface area contributed by atoms with Gasteiger partial charge in [0.2, 0.25) is 0 Å². The minimum Gasteiger partial charge on any atom is -0.350 e. The third-order valence-electron chi connectivity index (χ3n) is 1.67. The fraction of sp³-hybridized carbons (Fsp3) is 0.875. The van der Waals surface area contributed by atoms with Crippen LogP contribution in [0.4, 0.5) is 0 Å². The van der Waals surface area contributed by atoms with Crippen molar-refractivity contribution >= 4 is 0 Å². The van der Waals surface area contributed by atoms with Crippen molar-refractivity contribution in [1.82, 2.24) is 0 Å². The van der Waals surface area contributed by atoms with E-state index in [1.54, 1.807) is 0 Å². The minimum atomic E-state index is -0.397. The molecule has 0 unspecified atom stereocenters. The molecule has 1 aliphatic heterocycles. The second-order valence-electron chi connectivity index (χ2n) is 3.12. The lowest BCUT2D eigenvalue weighted by Gasteiger charge is -2.34. The Hall–Kier alpha value is -0.0800. The molecule has 58 valence electrons. The Morgan fingerprint density at radius 1 is 1.40 bits per heavy atom. The van der Waals surface area contributed by atoms with Crippen molar-refractivity contribution in [3.63, 3.8) is 0 Å². The predicted molar refractivity (Wildman–Crippen MR) is 38.4 cm³/mol. The van der Waals surface area contributed by atoms with Gasteiger partial charge in [0.15, 0.2) is 5.79 Å². The van der Waals surface area contributed by atoms with Gasteiger partial charge in [-0.3, -0.25) is 0 Å². The maximum absolute atomic E-state index is 5.43. The molecular weight excluding hydrogens is 128 g/mol. The molecule has 1 heterocycles. The second kappa shape index (κ2) is 2.89. The van der Waals surface area contributed by atoms with E-state index < -0.39 is 5.79 Å². The Morgan fingerprint density at radius 2 is 1.90 bits per heavy atom. The molecule has 0 aliphatic carbocycles. The molecule has 1 saturated heterocycles. The maximum Gasteiger partial charge on any atom is 0.162 e. The molecule has 0 saturated carbocycles. The summed E-state index contributed by atoms with van der Waals surface area (Å²) in [6, 6.07) is 0. The number of ether oxygens (including phenoxy) is 2. The highest BCUT2D eigenvalue weighted by Gasteiger charge is 2.26. The van der Waals surface area contributed by atoms with Crippen LogP contribution < -0.4 is 0 Å². The van der Waals surface area contributed by atoms with Gasteiger partial charge >= 0.3 is 0 Å². The first-order valence-electron chi connectivity index (χ1n) is 3.62. The van der Waals surface area contributed by atoms with E-state index in [2.05, 4.69) is 0 Å². The summed E-state index contributed by atoms with van der Waals surface area (Å²) in [5.41, 5.74) is 0. The van der Waals surface area contributed by atoms with Gasteiger partial charge in [-0.2, -0.15) is 0 Å². The van der Waals surface area contributed by atoms with Gasteiger partial charge in [-0.05, 0) is 27.2 Å². The van der Waals surface area contributed by atoms with E-state index in [0.717, 1.165) is 13.2 Å². The Balaban J connectivity index is 2.31. The fourth-order valence-corrected chi connectivity index (χ4v) is 0.863. The van der Waals surface area contributed by atoms with Crippen LogP contribution in [-0.4, -0.2) is 19.0 Å². The molecule has 0 aromatic rings. The zero-order chi connectivity index (χ0) is 7.61. The Bertz CT molecular complexity index is 99.8. The largest absolute Gasteiger partial charge is 0.350 e. The summed E-state index contributed by atoms with van der Waals surface area (Å²) in [5, 5.41) is 0. The summed E-state index contributed by atoms with van der Waals surface area (Å²) in [4.78, 5) is 0. The van der Waals surface area contributed by atoms with E-state index >= 15 is 0 Å². The number of rotatable bonds is 1. The molecule has 0 N–H and O–H groups in total. The van der Waals surface area contributed by atoms with E-state index in [9.17, 15) is 0 Å². The summed E-state index contributed by atoms with van der Waals surface area (Å²) >= 11 is 0. The summed E-state index contributed by atoms with van der Waals surface area (Å²) in [6.45, 7) is 10.7. The zero-order valence-corrected chi connectivity index (χ0v) is 6.59. The van der Waals surface area contributed by atoms with Gasteiger partial charge in [0.25, 0.3) is 0 Å². The van der Waals surface area contributed by atoms with Gasteiger partial charge in [-0.15, -0.1) is 0 Å². The lowest BCUT2D eigenvalue weighted by molar-refractivity contribution is -0.261. The van der Waals surface area contributed by atoms with Gasteiger partial charge in [0, 0.05) is 5.92 Å². The van der Waals surface area contributed by atoms with E-state index in [-0.39, 0.29) is 0 Å². The Kier molecular flexibility index (Phi) is 2.32. The first kappa shape index (κ1) is 8.02. The molecule has 1 fully saturated rings. The topological polar surface area (TPSA) is 18.5 Å². The highest BCUT2D eigenvalue weighted by atomic mass is 16.7. The lowest BCUT2D eigenvalue weighted by atomic mass is 10.1. The average molecular weight is 142 g/mol. The van der Waals surface area contributed by atoms with Gasteiger partial charge in [-0.25, -0.2) is 0 Å². The fourth-order valence-electron chi connectivity index (χ4n) is 0.863. The van der Waals surface area contributed by atoms with Gasteiger partial charge in [0.05, 0.1) is 13.2 Å². The quantitative estimate of drug-likeness (QED) is 0.552. The zero-order valence-electron chi connectivity index (χ0n) is 6.59. The second-order valence-corrected chi connectivity index (χ2v) is 3.12. The molecule has 0 aromatic carbocycles. The van der Waals surface area contributed by atoms with E-state index in [4.69, 9.17) is 16.4 Å². The predicted octanol–water partition coefficient (Wildman–Crippen LogP) is 1.49. The number of hydrogen-bond acceptors (Lipinski definition) is 2. The standard InChI is InChI=1S/C8H14O2/c1-4-7-5-9-8(2,3)10-6-7/h1,7H,4-6H2,2-3H3. The van der Waals surface area contributed by atoms with E-state index in [0.29, 0.717) is 12.3 Å². The Morgan fingerprint density at radius 3 is 2.30 bits per heavy atom. The summed E-state index contributed by atoms with van der Waals surface area (Å²) in [6.07, 6.45) is 0.649. The van der Waals surface area contributed by atoms with Crippen LogP contribution in [0.2, 0.25) is 0 Å². The van der Waals surface area contributed by atoms with Crippen molar-refractivity contribution in [2.24, 2.45) is 5.92 Å². The van der Waals surface area contributed by atoms with Gasteiger partial charge < -0.3 is 9.47 Å². The van der Waals surface area contributed by atoms with Crippen LogP contribution in [0, 0.1) is 12.8 Å². The third kappa shape index (κ3) is 1.96. The molecule has 1 rings (SSSR count). The van der Waals surface area contributed by atoms with Crippen LogP contribution in [0.15, 0.2) is 0 Å². The Labute approximate surface area is 62.5 Å². The molecule has 1 aliphatic rings. The van der Waals surface area contributed by atoms with Crippen molar-refractivity contribution in [2.75, 3.05) is 13.2 Å². The molecule has 2 nitrogen and oxygen atoms in total. The van der Waals surface area contributed by atoms with Crippen molar-refractivity contribution in [2.45, 2.75) is 26.1 Å². The highest BCUT2D eigenvalue weighted by molar-refractivity contribution is 4.67. The van der Waals surface area contributed by atoms with Crippen LogP contribution in [0.5, 0.6) is 0 Å². The summed E-state index contributed by atoms with van der Waals surface area (Å²) in [7, 11) is 0. The molecule has 0 atom stereocenters. The smallest absolute Gasteiger partial charge is 0.162 e. The van der Waals surface area contributed by atoms with Crippen molar-refractivity contribution < 1.29 is 9.47 Å². The van der Waals surface area contributed by atoms with E-state index in [1.807, 2.05) is 13.8 Å². The molecule has 2 heteroatoms. The third-order valence-corrected chi connectivity index (χ3v) is 1.67. The van der Waals surface area contributed by atoms with E-state index in [1.165, 1.54) is 0 Å². The van der Waals surface area contributed by atoms with Crippen LogP contribution in [-0.2, 0) is 9.47 Å². The van der Waals surface area contributed by atoms with Gasteiger partial charge in [0.1, 0.15) is 0 Å². The first-order chi connectivity index (χ1) is 4.64. The molecule has 10 heavy (non-hydrogen) atoms. The molecule has 0 amide bonds. The summed E-state index contributed by atoms with van der Waals surface area (Å²) in [5.74, 6) is -0.0147. The summed E-state index contributed by atoms with van der Waals surface area (Å²) < 4.78 is 10.7. The van der Waals surface area contributed by atoms with Crippen LogP contribution in [0.1, 0.15) is 20.3 Å². The van der Waals surface area contributed by atoms with Crippen molar-refractivity contribution in [1.29, 1.82) is 0 Å². The van der Waals surface area contributed by atoms with Crippen molar-refractivity contribution in [3.05, 3.63) is 6.92 Å². The normalized spacial score (nSPS) is 26.7. The lowest BCUT2D eigenvalue weighted by Crippen LogP contribution is -2.38. The number of hydrogen-bond donors (Lipinski definition) is 0. The average Bonchev–Trinajstić information content (AvgIpc) is 1.88. The SMILES string of the molecule is [CH]CC1COC(C)(C)OC1. The van der Waals surface area contributed by atoms with Crippen molar-refractivity contribution in [3.8, 4) is 0 Å². The molecular formula is C8H14O2. The van der Waals surface area contributed by atoms with Crippen LogP contribution in [0.25, 0.3) is 0 Å². The van der Waals surface area contributed by atoms with Gasteiger partial charge in [-0.1, -0.05) is 0 Å². The highest BCUT2D eigenvalue weighted by Crippen LogP contribution is 2.21. The molecule has 0 aromatic heterocycles. The molecule has 2 radical (unpaired) electrons. The van der Waals surface area contributed by atoms with Crippen LogP contribution in [0.3, 0.4) is 0 Å².